The highest BCUT2D eigenvalue weighted by molar-refractivity contribution is 5.80. The number of ether oxygens (including phenoxy) is 1. The van der Waals surface area contributed by atoms with Crippen molar-refractivity contribution >= 4 is 16.7 Å². The van der Waals surface area contributed by atoms with Gasteiger partial charge in [-0.3, -0.25) is 13.8 Å². The maximum atomic E-state index is 12.7. The van der Waals surface area contributed by atoms with Crippen molar-refractivity contribution in [2.45, 2.75) is 40.8 Å². The standard InChI is InChI=1S/C21H22N4O2/c1-5-24-20(26)16-8-6-7-9-17(16)25-18(22-23-21(24)25)12-27-19-14(3)11-10-13(2)15(19)4/h6-11H,5,12H2,1-4H3. The van der Waals surface area contributed by atoms with Crippen LogP contribution in [-0.2, 0) is 13.2 Å². The van der Waals surface area contributed by atoms with E-state index in [1.165, 1.54) is 5.56 Å². The Kier molecular flexibility index (Phi) is 4.18. The van der Waals surface area contributed by atoms with Crippen molar-refractivity contribution in [1.82, 2.24) is 19.2 Å². The van der Waals surface area contributed by atoms with E-state index in [1.807, 2.05) is 42.5 Å². The van der Waals surface area contributed by atoms with Gasteiger partial charge in [-0.25, -0.2) is 0 Å². The minimum atomic E-state index is -0.0501. The van der Waals surface area contributed by atoms with Crippen LogP contribution in [0.1, 0.15) is 29.4 Å². The molecule has 6 heteroatoms. The number of aromatic nitrogens is 4. The number of fused-ring (bicyclic) bond motifs is 3. The molecule has 138 valence electrons. The summed E-state index contributed by atoms with van der Waals surface area (Å²) in [7, 11) is 0. The van der Waals surface area contributed by atoms with E-state index >= 15 is 0 Å². The van der Waals surface area contributed by atoms with Crippen molar-refractivity contribution < 1.29 is 4.74 Å². The summed E-state index contributed by atoms with van der Waals surface area (Å²) < 4.78 is 9.70. The fraction of sp³-hybridized carbons (Fsp3) is 0.286. The second-order valence-electron chi connectivity index (χ2n) is 6.76. The molecule has 0 aliphatic heterocycles. The molecule has 4 rings (SSSR count). The molecule has 2 heterocycles. The summed E-state index contributed by atoms with van der Waals surface area (Å²) in [6, 6.07) is 11.7. The largest absolute Gasteiger partial charge is 0.485 e. The molecule has 0 amide bonds. The fourth-order valence-electron chi connectivity index (χ4n) is 3.48. The van der Waals surface area contributed by atoms with Crippen LogP contribution in [0.15, 0.2) is 41.2 Å². The van der Waals surface area contributed by atoms with Gasteiger partial charge in [-0.1, -0.05) is 24.3 Å². The van der Waals surface area contributed by atoms with Gasteiger partial charge in [0.05, 0.1) is 10.9 Å². The molecule has 0 bridgehead atoms. The third-order valence-corrected chi connectivity index (χ3v) is 5.11. The lowest BCUT2D eigenvalue weighted by Gasteiger charge is -2.14. The van der Waals surface area contributed by atoms with Gasteiger partial charge in [-0.15, -0.1) is 10.2 Å². The molecule has 0 unspecified atom stereocenters. The molecule has 6 nitrogen and oxygen atoms in total. The Balaban J connectivity index is 1.86. The molecule has 0 radical (unpaired) electrons. The molecule has 0 atom stereocenters. The Morgan fingerprint density at radius 2 is 1.74 bits per heavy atom. The van der Waals surface area contributed by atoms with Crippen molar-refractivity contribution in [1.29, 1.82) is 0 Å². The Morgan fingerprint density at radius 1 is 1.00 bits per heavy atom. The van der Waals surface area contributed by atoms with E-state index in [0.29, 0.717) is 23.5 Å². The Morgan fingerprint density at radius 3 is 2.52 bits per heavy atom. The van der Waals surface area contributed by atoms with Crippen LogP contribution < -0.4 is 10.3 Å². The number of benzene rings is 2. The van der Waals surface area contributed by atoms with E-state index in [1.54, 1.807) is 4.57 Å². The molecule has 0 N–H and O–H groups in total. The molecule has 0 aliphatic carbocycles. The summed E-state index contributed by atoms with van der Waals surface area (Å²) in [4.78, 5) is 12.7. The highest BCUT2D eigenvalue weighted by Crippen LogP contribution is 2.26. The predicted molar refractivity (Wildman–Crippen MR) is 105 cm³/mol. The number of rotatable bonds is 4. The molecule has 4 aromatic rings. The number of aryl methyl sites for hydroxylation is 3. The third kappa shape index (κ3) is 2.68. The average Bonchev–Trinajstić information content (AvgIpc) is 3.09. The minimum Gasteiger partial charge on any atom is -0.485 e. The Bertz CT molecular complexity index is 1220. The first kappa shape index (κ1) is 17.3. The second-order valence-corrected chi connectivity index (χ2v) is 6.76. The average molecular weight is 362 g/mol. The number of hydrogen-bond donors (Lipinski definition) is 0. The van der Waals surface area contributed by atoms with Gasteiger partial charge in [0.25, 0.3) is 5.56 Å². The summed E-state index contributed by atoms with van der Waals surface area (Å²) in [6.07, 6.45) is 0. The van der Waals surface area contributed by atoms with Crippen LogP contribution >= 0.6 is 0 Å². The van der Waals surface area contributed by atoms with Crippen LogP contribution in [0.25, 0.3) is 16.7 Å². The minimum absolute atomic E-state index is 0.0501. The van der Waals surface area contributed by atoms with Gasteiger partial charge in [-0.05, 0) is 56.5 Å². The van der Waals surface area contributed by atoms with E-state index in [9.17, 15) is 4.79 Å². The highest BCUT2D eigenvalue weighted by atomic mass is 16.5. The number of nitrogens with zero attached hydrogens (tertiary/aromatic N) is 4. The number of hydrogen-bond acceptors (Lipinski definition) is 4. The van der Waals surface area contributed by atoms with Gasteiger partial charge >= 0.3 is 0 Å². The van der Waals surface area contributed by atoms with Gasteiger partial charge < -0.3 is 4.74 Å². The zero-order chi connectivity index (χ0) is 19.1. The Hall–Kier alpha value is -3.15. The van der Waals surface area contributed by atoms with Gasteiger partial charge in [0.1, 0.15) is 12.4 Å². The first-order valence-electron chi connectivity index (χ1n) is 9.08. The van der Waals surface area contributed by atoms with E-state index in [4.69, 9.17) is 4.74 Å². The molecule has 0 aliphatic rings. The first-order valence-corrected chi connectivity index (χ1v) is 9.08. The molecular formula is C21H22N4O2. The van der Waals surface area contributed by atoms with Crippen molar-refractivity contribution in [3.05, 3.63) is 69.3 Å². The topological polar surface area (TPSA) is 61.4 Å². The van der Waals surface area contributed by atoms with Crippen molar-refractivity contribution in [2.24, 2.45) is 0 Å². The maximum absolute atomic E-state index is 12.7. The summed E-state index contributed by atoms with van der Waals surface area (Å²) in [5.74, 6) is 2.08. The summed E-state index contributed by atoms with van der Waals surface area (Å²) in [5, 5.41) is 9.24. The lowest BCUT2D eigenvalue weighted by atomic mass is 10.1. The first-order chi connectivity index (χ1) is 13.0. The monoisotopic (exact) mass is 362 g/mol. The van der Waals surface area contributed by atoms with Gasteiger partial charge in [0.2, 0.25) is 5.78 Å². The number of para-hydroxylation sites is 1. The molecule has 0 fully saturated rings. The fourth-order valence-corrected chi connectivity index (χ4v) is 3.48. The van der Waals surface area contributed by atoms with Crippen LogP contribution in [0.3, 0.4) is 0 Å². The molecule has 0 spiro atoms. The molecule has 2 aromatic heterocycles. The molecular weight excluding hydrogens is 340 g/mol. The van der Waals surface area contributed by atoms with Crippen LogP contribution in [0.5, 0.6) is 5.75 Å². The normalized spacial score (nSPS) is 11.4. The highest BCUT2D eigenvalue weighted by Gasteiger charge is 2.16. The lowest BCUT2D eigenvalue weighted by Crippen LogP contribution is -2.22. The quantitative estimate of drug-likeness (QED) is 0.557. The third-order valence-electron chi connectivity index (χ3n) is 5.11. The zero-order valence-electron chi connectivity index (χ0n) is 16.0. The Labute approximate surface area is 157 Å². The zero-order valence-corrected chi connectivity index (χ0v) is 16.0. The summed E-state index contributed by atoms with van der Waals surface area (Å²) >= 11 is 0. The van der Waals surface area contributed by atoms with Crippen molar-refractivity contribution in [3.63, 3.8) is 0 Å². The lowest BCUT2D eigenvalue weighted by molar-refractivity contribution is 0.290. The molecule has 0 saturated carbocycles. The van der Waals surface area contributed by atoms with Crippen LogP contribution in [0.2, 0.25) is 0 Å². The molecule has 27 heavy (non-hydrogen) atoms. The maximum Gasteiger partial charge on any atom is 0.262 e. The van der Waals surface area contributed by atoms with E-state index in [-0.39, 0.29) is 12.2 Å². The SMILES string of the molecule is CCn1c(=O)c2ccccc2n2c(COc3c(C)ccc(C)c3C)nnc12. The van der Waals surface area contributed by atoms with Crippen LogP contribution in [-0.4, -0.2) is 19.2 Å². The summed E-state index contributed by atoms with van der Waals surface area (Å²) in [6.45, 7) is 8.90. The second kappa shape index (κ2) is 6.54. The van der Waals surface area contributed by atoms with Gasteiger partial charge in [0, 0.05) is 6.54 Å². The van der Waals surface area contributed by atoms with E-state index < -0.39 is 0 Å². The van der Waals surface area contributed by atoms with Crippen molar-refractivity contribution in [2.75, 3.05) is 0 Å². The summed E-state index contributed by atoms with van der Waals surface area (Å²) in [5.41, 5.74) is 4.14. The molecule has 2 aromatic carbocycles. The molecule has 0 saturated heterocycles. The van der Waals surface area contributed by atoms with Crippen LogP contribution in [0.4, 0.5) is 0 Å². The van der Waals surface area contributed by atoms with Gasteiger partial charge in [-0.2, -0.15) is 0 Å². The van der Waals surface area contributed by atoms with Crippen LogP contribution in [0, 0.1) is 20.8 Å². The van der Waals surface area contributed by atoms with E-state index in [0.717, 1.165) is 22.4 Å². The van der Waals surface area contributed by atoms with E-state index in [2.05, 4.69) is 36.2 Å². The smallest absolute Gasteiger partial charge is 0.262 e. The predicted octanol–water partition coefficient (Wildman–Crippen LogP) is 3.57. The van der Waals surface area contributed by atoms with Crippen molar-refractivity contribution in [3.8, 4) is 5.75 Å². The van der Waals surface area contributed by atoms with Gasteiger partial charge in [0.15, 0.2) is 5.82 Å².